The van der Waals surface area contributed by atoms with Gasteiger partial charge >= 0.3 is 0 Å². The minimum atomic E-state index is 0.0942. The number of quaternary nitrogens is 1. The zero-order chi connectivity index (χ0) is 19.6. The van der Waals surface area contributed by atoms with E-state index in [0.29, 0.717) is 6.54 Å². The molecule has 5 heteroatoms. The zero-order valence-corrected chi connectivity index (χ0v) is 16.8. The zero-order valence-electron chi connectivity index (χ0n) is 16.8. The molecule has 1 aromatic carbocycles. The summed E-state index contributed by atoms with van der Waals surface area (Å²) in [6.07, 6.45) is 0. The van der Waals surface area contributed by atoms with Crippen LogP contribution >= 0.6 is 0 Å². The van der Waals surface area contributed by atoms with Gasteiger partial charge in [0.1, 0.15) is 6.54 Å². The number of carbonyl (C=O) groups excluding carboxylic acids is 2. The van der Waals surface area contributed by atoms with Gasteiger partial charge in [0.15, 0.2) is 5.78 Å². The second-order valence-corrected chi connectivity index (χ2v) is 7.47. The number of aryl methyl sites for hydroxylation is 1. The van der Waals surface area contributed by atoms with Gasteiger partial charge < -0.3 is 14.4 Å². The van der Waals surface area contributed by atoms with Crippen LogP contribution in [0.5, 0.6) is 0 Å². The lowest BCUT2D eigenvalue weighted by molar-refractivity contribution is -0.892. The number of carbonyl (C=O) groups is 2. The molecule has 3 rings (SSSR count). The second kappa shape index (κ2) is 8.09. The van der Waals surface area contributed by atoms with Gasteiger partial charge in [0.25, 0.3) is 0 Å². The summed E-state index contributed by atoms with van der Waals surface area (Å²) in [5.74, 6) is 0.342. The number of rotatable bonds is 6. The van der Waals surface area contributed by atoms with Gasteiger partial charge in [-0.2, -0.15) is 0 Å². The minimum Gasteiger partial charge on any atom is -0.360 e. The Hall–Kier alpha value is -2.40. The number of Topliss-reactive ketones (excluding diaryl/α,β-unsaturated/α-hetero) is 2. The Morgan fingerprint density at radius 2 is 1.70 bits per heavy atom. The summed E-state index contributed by atoms with van der Waals surface area (Å²) in [5.41, 5.74) is 5.02. The molecule has 27 heavy (non-hydrogen) atoms. The molecule has 0 radical (unpaired) electrons. The van der Waals surface area contributed by atoms with E-state index in [0.717, 1.165) is 60.9 Å². The van der Waals surface area contributed by atoms with E-state index in [1.807, 2.05) is 37.3 Å². The van der Waals surface area contributed by atoms with Crippen LogP contribution in [0.4, 0.5) is 5.69 Å². The van der Waals surface area contributed by atoms with Crippen molar-refractivity contribution in [2.45, 2.75) is 34.2 Å². The Balaban J connectivity index is 1.58. The molecule has 0 aliphatic carbocycles. The molecule has 1 aliphatic rings. The first kappa shape index (κ1) is 19.4. The van der Waals surface area contributed by atoms with Gasteiger partial charge in [-0.05, 0) is 58.0 Å². The third-order valence-electron chi connectivity index (χ3n) is 5.71. The molecule has 1 aromatic heterocycles. The monoisotopic (exact) mass is 368 g/mol. The maximum absolute atomic E-state index is 12.8. The average Bonchev–Trinajstić information content (AvgIpc) is 2.96. The molecule has 1 saturated heterocycles. The number of nitrogens with zero attached hydrogens (tertiary/aromatic N) is 2. The number of anilines is 1. The van der Waals surface area contributed by atoms with E-state index >= 15 is 0 Å². The van der Waals surface area contributed by atoms with Crippen LogP contribution < -0.4 is 9.80 Å². The largest absolute Gasteiger partial charge is 0.360 e. The third-order valence-corrected chi connectivity index (χ3v) is 5.71. The fraction of sp³-hybridized carbons (Fsp3) is 0.455. The van der Waals surface area contributed by atoms with Crippen molar-refractivity contribution in [2.24, 2.45) is 0 Å². The molecule has 0 unspecified atom stereocenters. The number of piperazine rings is 1. The lowest BCUT2D eigenvalue weighted by atomic mass is 10.1. The SMILES string of the molecule is CCn1c(C)cc(C(=O)C[NH+]2CCN(c3ccc(C(C)=O)cc3)CC2)c1C. The fourth-order valence-corrected chi connectivity index (χ4v) is 4.06. The van der Waals surface area contributed by atoms with E-state index in [1.165, 1.54) is 4.90 Å². The van der Waals surface area contributed by atoms with Crippen molar-refractivity contribution in [1.29, 1.82) is 0 Å². The van der Waals surface area contributed by atoms with Crippen LogP contribution in [-0.4, -0.2) is 48.9 Å². The molecule has 2 aromatic rings. The number of benzene rings is 1. The summed E-state index contributed by atoms with van der Waals surface area (Å²) < 4.78 is 2.20. The molecule has 5 nitrogen and oxygen atoms in total. The first-order valence-corrected chi connectivity index (χ1v) is 9.80. The quantitative estimate of drug-likeness (QED) is 0.793. The predicted octanol–water partition coefficient (Wildman–Crippen LogP) is 1.92. The molecule has 0 spiro atoms. The fourth-order valence-electron chi connectivity index (χ4n) is 4.06. The summed E-state index contributed by atoms with van der Waals surface area (Å²) >= 11 is 0. The van der Waals surface area contributed by atoms with Crippen molar-refractivity contribution in [3.05, 3.63) is 52.8 Å². The molecule has 1 N–H and O–H groups in total. The van der Waals surface area contributed by atoms with Gasteiger partial charge in [-0.1, -0.05) is 0 Å². The second-order valence-electron chi connectivity index (χ2n) is 7.47. The molecule has 0 atom stereocenters. The number of nitrogens with one attached hydrogen (secondary N) is 1. The molecular formula is C22H30N3O2+. The Labute approximate surface area is 161 Å². The molecule has 144 valence electrons. The van der Waals surface area contributed by atoms with Gasteiger partial charge in [-0.15, -0.1) is 0 Å². The highest BCUT2D eigenvalue weighted by atomic mass is 16.1. The summed E-state index contributed by atoms with van der Waals surface area (Å²) in [4.78, 5) is 27.9. The lowest BCUT2D eigenvalue weighted by Crippen LogP contribution is -3.15. The highest BCUT2D eigenvalue weighted by Crippen LogP contribution is 2.16. The van der Waals surface area contributed by atoms with Crippen molar-refractivity contribution in [3.63, 3.8) is 0 Å². The number of hydrogen-bond acceptors (Lipinski definition) is 3. The molecule has 2 heterocycles. The van der Waals surface area contributed by atoms with Crippen molar-refractivity contribution in [2.75, 3.05) is 37.6 Å². The highest BCUT2D eigenvalue weighted by molar-refractivity contribution is 5.98. The number of hydrogen-bond donors (Lipinski definition) is 1. The third kappa shape index (κ3) is 4.14. The Kier molecular flexibility index (Phi) is 5.80. The Morgan fingerprint density at radius 3 is 2.22 bits per heavy atom. The van der Waals surface area contributed by atoms with E-state index in [9.17, 15) is 9.59 Å². The average molecular weight is 369 g/mol. The summed E-state index contributed by atoms with van der Waals surface area (Å²) in [5, 5.41) is 0. The van der Waals surface area contributed by atoms with Gasteiger partial charge in [0.05, 0.1) is 26.2 Å². The van der Waals surface area contributed by atoms with E-state index in [1.54, 1.807) is 6.92 Å². The molecule has 1 fully saturated rings. The van der Waals surface area contributed by atoms with Gasteiger partial charge in [0, 0.05) is 34.7 Å². The standard InChI is InChI=1S/C22H29N3O2/c1-5-25-16(2)14-21(17(25)3)22(27)15-23-10-12-24(13-11-23)20-8-6-19(7-9-20)18(4)26/h6-9,14H,5,10-13,15H2,1-4H3/p+1. The number of ketones is 2. The maximum Gasteiger partial charge on any atom is 0.218 e. The normalized spacial score (nSPS) is 15.2. The van der Waals surface area contributed by atoms with Crippen molar-refractivity contribution in [3.8, 4) is 0 Å². The molecule has 0 bridgehead atoms. The van der Waals surface area contributed by atoms with E-state index in [-0.39, 0.29) is 11.6 Å². The first-order chi connectivity index (χ1) is 12.9. The van der Waals surface area contributed by atoms with Crippen molar-refractivity contribution < 1.29 is 14.5 Å². The van der Waals surface area contributed by atoms with E-state index < -0.39 is 0 Å². The highest BCUT2D eigenvalue weighted by Gasteiger charge is 2.24. The van der Waals surface area contributed by atoms with Crippen molar-refractivity contribution in [1.82, 2.24) is 4.57 Å². The lowest BCUT2D eigenvalue weighted by Gasteiger charge is -2.33. The Morgan fingerprint density at radius 1 is 1.07 bits per heavy atom. The van der Waals surface area contributed by atoms with Gasteiger partial charge in [-0.3, -0.25) is 9.59 Å². The molecular weight excluding hydrogens is 338 g/mol. The van der Waals surface area contributed by atoms with Gasteiger partial charge in [0.2, 0.25) is 5.78 Å². The van der Waals surface area contributed by atoms with Crippen LogP contribution in [0.2, 0.25) is 0 Å². The molecule has 1 aliphatic heterocycles. The topological polar surface area (TPSA) is 46.8 Å². The Bertz CT molecular complexity index is 828. The first-order valence-electron chi connectivity index (χ1n) is 9.80. The van der Waals surface area contributed by atoms with Crippen LogP contribution in [0.25, 0.3) is 0 Å². The molecule has 0 saturated carbocycles. The van der Waals surface area contributed by atoms with Crippen LogP contribution in [0, 0.1) is 13.8 Å². The van der Waals surface area contributed by atoms with E-state index in [2.05, 4.69) is 23.3 Å². The molecule has 0 amide bonds. The van der Waals surface area contributed by atoms with Crippen LogP contribution in [0.15, 0.2) is 30.3 Å². The summed E-state index contributed by atoms with van der Waals surface area (Å²) in [7, 11) is 0. The summed E-state index contributed by atoms with van der Waals surface area (Å²) in [6, 6.07) is 9.86. The predicted molar refractivity (Wildman–Crippen MR) is 108 cm³/mol. The minimum absolute atomic E-state index is 0.0942. The maximum atomic E-state index is 12.8. The summed E-state index contributed by atoms with van der Waals surface area (Å²) in [6.45, 7) is 13.0. The van der Waals surface area contributed by atoms with Crippen LogP contribution in [-0.2, 0) is 6.54 Å². The van der Waals surface area contributed by atoms with Crippen molar-refractivity contribution >= 4 is 17.3 Å². The number of aromatic nitrogens is 1. The van der Waals surface area contributed by atoms with Crippen LogP contribution in [0.1, 0.15) is 46.0 Å². The van der Waals surface area contributed by atoms with E-state index in [4.69, 9.17) is 0 Å². The van der Waals surface area contributed by atoms with Crippen LogP contribution in [0.3, 0.4) is 0 Å². The smallest absolute Gasteiger partial charge is 0.218 e. The van der Waals surface area contributed by atoms with Gasteiger partial charge in [-0.25, -0.2) is 0 Å².